The van der Waals surface area contributed by atoms with Crippen molar-refractivity contribution in [1.29, 1.82) is 0 Å². The summed E-state index contributed by atoms with van der Waals surface area (Å²) in [4.78, 5) is 7.40. The van der Waals surface area contributed by atoms with Crippen molar-refractivity contribution in [3.05, 3.63) is 180 Å². The number of hydrogen-bond donors (Lipinski definition) is 0. The molecule has 0 aliphatic heterocycles. The third-order valence-electron chi connectivity index (χ3n) is 15.0. The number of aromatic nitrogens is 1. The maximum atomic E-state index is 4.91. The van der Waals surface area contributed by atoms with E-state index in [0.29, 0.717) is 11.8 Å². The van der Waals surface area contributed by atoms with E-state index in [2.05, 4.69) is 171 Å². The lowest BCUT2D eigenvalue weighted by atomic mass is 9.42. The molecule has 1 heterocycles. The monoisotopic (exact) mass is 722 g/mol. The molecular formula is C54H46N2. The molecule has 4 fully saturated rings. The fraction of sp³-hybridized carbons (Fsp3) is 0.241. The largest absolute Gasteiger partial charge is 0.308 e. The maximum Gasteiger partial charge on any atom is 0.0723 e. The van der Waals surface area contributed by atoms with Crippen LogP contribution in [0.15, 0.2) is 158 Å². The van der Waals surface area contributed by atoms with Crippen LogP contribution in [0.25, 0.3) is 44.5 Å². The minimum absolute atomic E-state index is 0.0576. The van der Waals surface area contributed by atoms with Crippen LogP contribution in [-0.4, -0.2) is 4.98 Å². The van der Waals surface area contributed by atoms with Gasteiger partial charge in [0.1, 0.15) is 0 Å². The highest BCUT2D eigenvalue weighted by molar-refractivity contribution is 5.95. The Morgan fingerprint density at radius 3 is 1.79 bits per heavy atom. The molecule has 0 saturated heterocycles. The Balaban J connectivity index is 1.08. The van der Waals surface area contributed by atoms with E-state index < -0.39 is 0 Å². The second kappa shape index (κ2) is 11.9. The molecule has 56 heavy (non-hydrogen) atoms. The predicted molar refractivity (Wildman–Crippen MR) is 231 cm³/mol. The van der Waals surface area contributed by atoms with Crippen LogP contribution in [0.4, 0.5) is 17.1 Å². The quantitative estimate of drug-likeness (QED) is 0.176. The van der Waals surface area contributed by atoms with Crippen molar-refractivity contribution in [3.63, 3.8) is 0 Å². The van der Waals surface area contributed by atoms with Crippen LogP contribution >= 0.6 is 0 Å². The first-order chi connectivity index (χ1) is 27.5. The summed E-state index contributed by atoms with van der Waals surface area (Å²) in [5, 5.41) is 0. The van der Waals surface area contributed by atoms with Gasteiger partial charge in [-0.1, -0.05) is 129 Å². The highest BCUT2D eigenvalue weighted by Gasteiger charge is 2.62. The van der Waals surface area contributed by atoms with Crippen LogP contribution in [0, 0.1) is 23.7 Å². The molecule has 13 rings (SSSR count). The fourth-order valence-corrected chi connectivity index (χ4v) is 12.9. The number of hydrogen-bond acceptors (Lipinski definition) is 2. The highest BCUT2D eigenvalue weighted by atomic mass is 15.1. The lowest BCUT2D eigenvalue weighted by Gasteiger charge is -2.61. The smallest absolute Gasteiger partial charge is 0.0723 e. The molecule has 6 aliphatic rings. The lowest BCUT2D eigenvalue weighted by Crippen LogP contribution is -2.55. The van der Waals surface area contributed by atoms with Crippen LogP contribution in [0.1, 0.15) is 68.2 Å². The number of nitrogens with zero attached hydrogens (tertiary/aromatic N) is 2. The first-order valence-electron chi connectivity index (χ1n) is 20.9. The molecular weight excluding hydrogens is 677 g/mol. The number of anilines is 3. The zero-order valence-electron chi connectivity index (χ0n) is 32.3. The minimum Gasteiger partial charge on any atom is -0.308 e. The van der Waals surface area contributed by atoms with E-state index in [4.69, 9.17) is 4.98 Å². The highest BCUT2D eigenvalue weighted by Crippen LogP contribution is 2.70. The average molecular weight is 723 g/mol. The molecule has 0 radical (unpaired) electrons. The molecule has 1 spiro atoms. The van der Waals surface area contributed by atoms with Gasteiger partial charge in [0.15, 0.2) is 0 Å². The Kier molecular flexibility index (Phi) is 6.90. The molecule has 0 atom stereocenters. The Labute approximate surface area is 330 Å². The Bertz CT molecular complexity index is 2660. The minimum atomic E-state index is -0.111. The number of rotatable bonds is 5. The van der Waals surface area contributed by atoms with Crippen LogP contribution in [-0.2, 0) is 10.8 Å². The van der Waals surface area contributed by atoms with Crippen molar-refractivity contribution in [2.75, 3.05) is 4.90 Å². The Hall–Kier alpha value is -5.73. The topological polar surface area (TPSA) is 16.1 Å². The second-order valence-corrected chi connectivity index (χ2v) is 18.0. The summed E-state index contributed by atoms with van der Waals surface area (Å²) in [6.45, 7) is 4.76. The number of fused-ring (bicyclic) bond motifs is 6. The van der Waals surface area contributed by atoms with E-state index in [9.17, 15) is 0 Å². The van der Waals surface area contributed by atoms with Gasteiger partial charge in [0.25, 0.3) is 0 Å². The first-order valence-corrected chi connectivity index (χ1v) is 20.9. The molecule has 1 aromatic heterocycles. The Morgan fingerprint density at radius 1 is 0.482 bits per heavy atom. The summed E-state index contributed by atoms with van der Waals surface area (Å²) < 4.78 is 0. The van der Waals surface area contributed by atoms with Crippen molar-refractivity contribution >= 4 is 17.1 Å². The number of benzene rings is 6. The van der Waals surface area contributed by atoms with Crippen LogP contribution in [0.5, 0.6) is 0 Å². The molecule has 6 aromatic carbocycles. The van der Waals surface area contributed by atoms with Gasteiger partial charge in [-0.25, -0.2) is 0 Å². The van der Waals surface area contributed by atoms with Crippen molar-refractivity contribution < 1.29 is 0 Å². The van der Waals surface area contributed by atoms with Crippen molar-refractivity contribution in [2.24, 2.45) is 23.7 Å². The lowest BCUT2D eigenvalue weighted by molar-refractivity contribution is -0.0397. The third kappa shape index (κ3) is 4.42. The van der Waals surface area contributed by atoms with E-state index >= 15 is 0 Å². The van der Waals surface area contributed by atoms with Gasteiger partial charge in [0.05, 0.1) is 11.9 Å². The molecule has 4 bridgehead atoms. The fourth-order valence-electron chi connectivity index (χ4n) is 12.9. The van der Waals surface area contributed by atoms with Gasteiger partial charge in [-0.2, -0.15) is 0 Å². The molecule has 2 nitrogen and oxygen atoms in total. The maximum absolute atomic E-state index is 4.91. The van der Waals surface area contributed by atoms with Gasteiger partial charge in [-0.05, 0) is 147 Å². The molecule has 4 saturated carbocycles. The van der Waals surface area contributed by atoms with E-state index in [1.54, 1.807) is 11.1 Å². The Morgan fingerprint density at radius 2 is 1.05 bits per heavy atom. The van der Waals surface area contributed by atoms with Gasteiger partial charge in [0.2, 0.25) is 0 Å². The van der Waals surface area contributed by atoms with E-state index in [-0.39, 0.29) is 10.8 Å². The second-order valence-electron chi connectivity index (χ2n) is 18.0. The van der Waals surface area contributed by atoms with E-state index in [1.165, 1.54) is 87.7 Å². The zero-order valence-corrected chi connectivity index (χ0v) is 32.3. The summed E-state index contributed by atoms with van der Waals surface area (Å²) in [5.41, 5.74) is 20.0. The molecule has 2 heteroatoms. The molecule has 7 aromatic rings. The summed E-state index contributed by atoms with van der Waals surface area (Å²) in [7, 11) is 0. The zero-order chi connectivity index (χ0) is 37.2. The van der Waals surface area contributed by atoms with Gasteiger partial charge in [0, 0.05) is 34.0 Å². The normalized spacial score (nSPS) is 24.1. The third-order valence-corrected chi connectivity index (χ3v) is 15.0. The van der Waals surface area contributed by atoms with Gasteiger partial charge in [-0.3, -0.25) is 4.98 Å². The molecule has 6 aliphatic carbocycles. The summed E-state index contributed by atoms with van der Waals surface area (Å²) in [6.07, 6.45) is 11.1. The van der Waals surface area contributed by atoms with Crippen molar-refractivity contribution in [3.8, 4) is 44.5 Å². The number of pyridine rings is 1. The molecule has 0 amide bonds. The molecule has 272 valence electrons. The predicted octanol–water partition coefficient (Wildman–Crippen LogP) is 13.9. The van der Waals surface area contributed by atoms with Gasteiger partial charge < -0.3 is 4.90 Å². The molecule has 0 N–H and O–H groups in total. The standard InChI is InChI=1S/C54H46N2/c1-53(2)48-17-8-6-13-42(48)44-24-23-41(32-50(44)53)56(40-21-19-37(20-22-40)36-11-4-3-5-12-36)51-33-55-26-25-45(51)47-16-10-15-46-43-14-7-9-18-49(43)54(52(46)47)38-28-34-27-35(30-38)31-39(54)29-34/h3-26,32-35,38-39H,27-31H2,1-2H3. The average Bonchev–Trinajstić information content (AvgIpc) is 3.66. The van der Waals surface area contributed by atoms with Crippen LogP contribution in [0.3, 0.4) is 0 Å². The van der Waals surface area contributed by atoms with Crippen molar-refractivity contribution in [2.45, 2.75) is 56.8 Å². The summed E-state index contributed by atoms with van der Waals surface area (Å²) in [6, 6.07) is 55.0. The van der Waals surface area contributed by atoms with Gasteiger partial charge in [-0.15, -0.1) is 0 Å². The van der Waals surface area contributed by atoms with Crippen LogP contribution in [0.2, 0.25) is 0 Å². The van der Waals surface area contributed by atoms with Gasteiger partial charge >= 0.3 is 0 Å². The van der Waals surface area contributed by atoms with Crippen molar-refractivity contribution in [1.82, 2.24) is 4.98 Å². The van der Waals surface area contributed by atoms with Crippen LogP contribution < -0.4 is 4.90 Å². The SMILES string of the molecule is CC1(C)c2ccccc2-c2ccc(N(c3ccc(-c4ccccc4)cc3)c3cnccc3-c3cccc4c3C3(c5ccccc5-4)C4CC5CC(C4)CC3C5)cc21. The first kappa shape index (κ1) is 32.5. The summed E-state index contributed by atoms with van der Waals surface area (Å²) >= 11 is 0. The molecule has 0 unspecified atom stereocenters. The summed E-state index contributed by atoms with van der Waals surface area (Å²) in [5.74, 6) is 3.17. The van der Waals surface area contributed by atoms with E-state index in [0.717, 1.165) is 28.9 Å². The van der Waals surface area contributed by atoms with E-state index in [1.807, 2.05) is 6.20 Å².